The second kappa shape index (κ2) is 3.72. The smallest absolute Gasteiger partial charge is 0.335 e. The number of rotatable bonds is 5. The fraction of sp³-hybridized carbons (Fsp3) is 0.538. The summed E-state index contributed by atoms with van der Waals surface area (Å²) >= 11 is 0. The number of nitrogens with zero attached hydrogens (tertiary/aromatic N) is 1. The van der Waals surface area contributed by atoms with Crippen LogP contribution in [0, 0.1) is 11.3 Å². The van der Waals surface area contributed by atoms with Crippen molar-refractivity contribution >= 4 is 11.8 Å². The van der Waals surface area contributed by atoms with Gasteiger partial charge in [-0.2, -0.15) is 0 Å². The third-order valence-electron chi connectivity index (χ3n) is 3.96. The number of anilines is 1. The standard InChI is InChI=1S/C13H16N2O2/c16-12(17)9-3-6-14-11(7-9)15-8-13(4-5-13)10-1-2-10/h3,6-7,10H,1-2,4-5,8H2,(H,14,15)(H,16,17). The summed E-state index contributed by atoms with van der Waals surface area (Å²) in [4.78, 5) is 15.0. The number of hydrogen-bond donors (Lipinski definition) is 2. The maximum Gasteiger partial charge on any atom is 0.335 e. The number of aromatic nitrogens is 1. The minimum absolute atomic E-state index is 0.291. The first-order chi connectivity index (χ1) is 8.20. The van der Waals surface area contributed by atoms with E-state index in [1.54, 1.807) is 12.3 Å². The highest BCUT2D eigenvalue weighted by Gasteiger charge is 2.53. The van der Waals surface area contributed by atoms with Crippen molar-refractivity contribution in [2.75, 3.05) is 11.9 Å². The van der Waals surface area contributed by atoms with Crippen LogP contribution < -0.4 is 5.32 Å². The summed E-state index contributed by atoms with van der Waals surface area (Å²) in [6.07, 6.45) is 6.89. The molecule has 2 saturated carbocycles. The second-order valence-corrected chi connectivity index (χ2v) is 5.23. The lowest BCUT2D eigenvalue weighted by Gasteiger charge is -2.15. The first kappa shape index (κ1) is 10.6. The van der Waals surface area contributed by atoms with Gasteiger partial charge in [0.25, 0.3) is 0 Å². The molecule has 0 amide bonds. The Bertz CT molecular complexity index is 450. The summed E-state index contributed by atoms with van der Waals surface area (Å²) in [5, 5.41) is 12.2. The number of carboxylic acid groups (broad SMARTS) is 1. The molecule has 0 saturated heterocycles. The van der Waals surface area contributed by atoms with Crippen LogP contribution in [0.25, 0.3) is 0 Å². The van der Waals surface area contributed by atoms with Gasteiger partial charge in [-0.15, -0.1) is 0 Å². The maximum atomic E-state index is 10.8. The van der Waals surface area contributed by atoms with E-state index < -0.39 is 5.97 Å². The third kappa shape index (κ3) is 2.12. The number of carboxylic acids is 1. The molecule has 2 aliphatic rings. The zero-order valence-electron chi connectivity index (χ0n) is 9.65. The van der Waals surface area contributed by atoms with E-state index >= 15 is 0 Å². The second-order valence-electron chi connectivity index (χ2n) is 5.23. The highest BCUT2D eigenvalue weighted by molar-refractivity contribution is 5.88. The van der Waals surface area contributed by atoms with Crippen molar-refractivity contribution in [2.45, 2.75) is 25.7 Å². The average Bonchev–Trinajstić information content (AvgIpc) is 3.17. The first-order valence-corrected chi connectivity index (χ1v) is 6.13. The van der Waals surface area contributed by atoms with E-state index in [1.165, 1.54) is 31.7 Å². The summed E-state index contributed by atoms with van der Waals surface area (Å²) in [6, 6.07) is 3.12. The highest BCUT2D eigenvalue weighted by Crippen LogP contribution is 2.61. The van der Waals surface area contributed by atoms with Gasteiger partial charge in [-0.3, -0.25) is 0 Å². The molecule has 2 aliphatic carbocycles. The molecular formula is C13H16N2O2. The lowest BCUT2D eigenvalue weighted by atomic mass is 10.0. The molecule has 4 heteroatoms. The minimum Gasteiger partial charge on any atom is -0.478 e. The normalized spacial score (nSPS) is 20.9. The van der Waals surface area contributed by atoms with Gasteiger partial charge in [0.2, 0.25) is 0 Å². The molecule has 2 fully saturated rings. The largest absolute Gasteiger partial charge is 0.478 e. The Kier molecular flexibility index (Phi) is 2.31. The van der Waals surface area contributed by atoms with Crippen LogP contribution in [0.3, 0.4) is 0 Å². The molecule has 0 spiro atoms. The Labute approximate surface area is 100 Å². The number of nitrogens with one attached hydrogen (secondary N) is 1. The molecule has 1 aromatic heterocycles. The zero-order valence-corrected chi connectivity index (χ0v) is 9.65. The Balaban J connectivity index is 1.64. The van der Waals surface area contributed by atoms with E-state index in [-0.39, 0.29) is 0 Å². The summed E-state index contributed by atoms with van der Waals surface area (Å²) in [5.74, 6) is 0.674. The molecule has 4 nitrogen and oxygen atoms in total. The Morgan fingerprint density at radius 1 is 1.53 bits per heavy atom. The Morgan fingerprint density at radius 2 is 2.29 bits per heavy atom. The topological polar surface area (TPSA) is 62.2 Å². The lowest BCUT2D eigenvalue weighted by molar-refractivity contribution is 0.0697. The van der Waals surface area contributed by atoms with Gasteiger partial charge in [0.05, 0.1) is 5.56 Å². The first-order valence-electron chi connectivity index (χ1n) is 6.13. The summed E-state index contributed by atoms with van der Waals surface area (Å²) in [7, 11) is 0. The van der Waals surface area contributed by atoms with Crippen LogP contribution in [0.15, 0.2) is 18.3 Å². The van der Waals surface area contributed by atoms with Crippen LogP contribution >= 0.6 is 0 Å². The van der Waals surface area contributed by atoms with Crippen LogP contribution in [0.2, 0.25) is 0 Å². The van der Waals surface area contributed by atoms with E-state index in [9.17, 15) is 4.79 Å². The zero-order chi connectivity index (χ0) is 11.9. The quantitative estimate of drug-likeness (QED) is 0.818. The molecule has 1 heterocycles. The van der Waals surface area contributed by atoms with Crippen molar-refractivity contribution in [2.24, 2.45) is 11.3 Å². The summed E-state index contributed by atoms with van der Waals surface area (Å²) in [6.45, 7) is 0.938. The molecule has 2 N–H and O–H groups in total. The predicted molar refractivity (Wildman–Crippen MR) is 64.1 cm³/mol. The lowest BCUT2D eigenvalue weighted by Crippen LogP contribution is -2.18. The molecule has 90 valence electrons. The van der Waals surface area contributed by atoms with Gasteiger partial charge in [0.15, 0.2) is 0 Å². The Morgan fingerprint density at radius 3 is 2.88 bits per heavy atom. The number of pyridine rings is 1. The molecule has 1 aromatic rings. The van der Waals surface area contributed by atoms with E-state index in [0.717, 1.165) is 12.5 Å². The van der Waals surface area contributed by atoms with Gasteiger partial charge < -0.3 is 10.4 Å². The fourth-order valence-electron chi connectivity index (χ4n) is 2.51. The van der Waals surface area contributed by atoms with Gasteiger partial charge >= 0.3 is 5.97 Å². The molecule has 0 unspecified atom stereocenters. The average molecular weight is 232 g/mol. The van der Waals surface area contributed by atoms with Crippen molar-refractivity contribution in [3.05, 3.63) is 23.9 Å². The van der Waals surface area contributed by atoms with Crippen molar-refractivity contribution in [1.29, 1.82) is 0 Å². The molecule has 17 heavy (non-hydrogen) atoms. The number of aromatic carboxylic acids is 1. The minimum atomic E-state index is -0.904. The van der Waals surface area contributed by atoms with Crippen LogP contribution in [0.1, 0.15) is 36.0 Å². The van der Waals surface area contributed by atoms with Crippen molar-refractivity contribution in [3.63, 3.8) is 0 Å². The van der Waals surface area contributed by atoms with Gasteiger partial charge in [-0.05, 0) is 49.1 Å². The molecule has 0 radical (unpaired) electrons. The van der Waals surface area contributed by atoms with E-state index in [1.807, 2.05) is 0 Å². The monoisotopic (exact) mass is 232 g/mol. The van der Waals surface area contributed by atoms with Gasteiger partial charge in [0, 0.05) is 12.7 Å². The van der Waals surface area contributed by atoms with Crippen LogP contribution in [0.5, 0.6) is 0 Å². The summed E-state index contributed by atoms with van der Waals surface area (Å²) < 4.78 is 0. The van der Waals surface area contributed by atoms with Crippen LogP contribution in [-0.2, 0) is 0 Å². The molecular weight excluding hydrogens is 216 g/mol. The van der Waals surface area contributed by atoms with E-state index in [0.29, 0.717) is 16.8 Å². The van der Waals surface area contributed by atoms with Crippen LogP contribution in [-0.4, -0.2) is 22.6 Å². The SMILES string of the molecule is O=C(O)c1ccnc(NCC2(C3CC3)CC2)c1. The predicted octanol–water partition coefficient (Wildman–Crippen LogP) is 2.38. The molecule has 0 atom stereocenters. The molecule has 0 bridgehead atoms. The van der Waals surface area contributed by atoms with Crippen molar-refractivity contribution < 1.29 is 9.90 Å². The van der Waals surface area contributed by atoms with Crippen molar-refractivity contribution in [3.8, 4) is 0 Å². The van der Waals surface area contributed by atoms with Gasteiger partial charge in [0.1, 0.15) is 5.82 Å². The number of carbonyl (C=O) groups is 1. The summed E-state index contributed by atoms with van der Waals surface area (Å²) in [5.41, 5.74) is 0.791. The third-order valence-corrected chi connectivity index (χ3v) is 3.96. The van der Waals surface area contributed by atoms with Crippen molar-refractivity contribution in [1.82, 2.24) is 4.98 Å². The van der Waals surface area contributed by atoms with Crippen LogP contribution in [0.4, 0.5) is 5.82 Å². The Hall–Kier alpha value is -1.58. The fourth-order valence-corrected chi connectivity index (χ4v) is 2.51. The molecule has 0 aromatic carbocycles. The highest BCUT2D eigenvalue weighted by atomic mass is 16.4. The van der Waals surface area contributed by atoms with Gasteiger partial charge in [-0.1, -0.05) is 0 Å². The maximum absolute atomic E-state index is 10.8. The van der Waals surface area contributed by atoms with E-state index in [4.69, 9.17) is 5.11 Å². The molecule has 3 rings (SSSR count). The number of hydrogen-bond acceptors (Lipinski definition) is 3. The molecule has 0 aliphatic heterocycles. The van der Waals surface area contributed by atoms with E-state index in [2.05, 4.69) is 10.3 Å². The van der Waals surface area contributed by atoms with Gasteiger partial charge in [-0.25, -0.2) is 9.78 Å².